The number of nitrogens with zero attached hydrogens (tertiary/aromatic N) is 4. The van der Waals surface area contributed by atoms with Crippen LogP contribution in [0.4, 0.5) is 34.1 Å². The maximum absolute atomic E-state index is 7.10. The highest BCUT2D eigenvalue weighted by Crippen LogP contribution is 2.49. The Morgan fingerprint density at radius 2 is 0.683 bits per heavy atom. The first-order chi connectivity index (χ1) is 39.9. The Labute approximate surface area is 478 Å². The number of para-hydroxylation sites is 6. The standard InChI is InChI=1S/C74H56B2N4O2/c1-73(2,3)45-31-35-49(36-32-45)81-51-39-65-69-67(41-51)79-61-29-15-13-23-53(61)55-25-17-27-57(71(55)79)75(69)59-43-60-64(44-63(59)77(65)47-19-9-7-10-20-47)78(48-21-11-8-12-22-48)66-40-52(82-50-37-33-46(34-38-50)74(4,5)6)42-68-70(66)76(60)58-28-18-26-56-54-24-14-16-30-62(54)80(68)72(56)58/h7-44H,1-6H3. The second-order valence-corrected chi connectivity index (χ2v) is 24.9. The fourth-order valence-corrected chi connectivity index (χ4v) is 14.4. The van der Waals surface area contributed by atoms with Crippen molar-refractivity contribution in [3.63, 3.8) is 0 Å². The van der Waals surface area contributed by atoms with E-state index in [4.69, 9.17) is 9.47 Å². The Bertz CT molecular complexity index is 4540. The second kappa shape index (κ2) is 16.9. The SMILES string of the molecule is CC(C)(C)c1ccc(Oc2cc3c4c(c2)-n2c5ccccc5c5cccc(c52)B4c2cc4c(cc2N3c2ccccc2)N(c2ccccc2)c2cc(Oc3ccc(C(C)(C)C)cc3)cc3c2B4c2cccc4c5ccccc5n-3c24)cc1. The summed E-state index contributed by atoms with van der Waals surface area (Å²) in [6.07, 6.45) is 0. The summed E-state index contributed by atoms with van der Waals surface area (Å²) in [6, 6.07) is 85.3. The topological polar surface area (TPSA) is 34.8 Å². The summed E-state index contributed by atoms with van der Waals surface area (Å²) >= 11 is 0. The number of rotatable bonds is 6. The van der Waals surface area contributed by atoms with Gasteiger partial charge in [-0.2, -0.15) is 0 Å². The van der Waals surface area contributed by atoms with Crippen molar-refractivity contribution in [2.24, 2.45) is 0 Å². The van der Waals surface area contributed by atoms with Crippen LogP contribution in [0.15, 0.2) is 231 Å². The first-order valence-electron chi connectivity index (χ1n) is 28.8. The average Bonchev–Trinajstić information content (AvgIpc) is 1.65. The molecule has 0 bridgehead atoms. The van der Waals surface area contributed by atoms with Gasteiger partial charge in [0.2, 0.25) is 0 Å². The molecule has 6 nitrogen and oxygen atoms in total. The van der Waals surface area contributed by atoms with Gasteiger partial charge in [-0.05, 0) is 121 Å². The lowest BCUT2D eigenvalue weighted by Crippen LogP contribution is -2.64. The van der Waals surface area contributed by atoms with Crippen molar-refractivity contribution in [2.75, 3.05) is 9.80 Å². The van der Waals surface area contributed by atoms with Crippen LogP contribution in [0, 0.1) is 0 Å². The zero-order chi connectivity index (χ0) is 54.9. The van der Waals surface area contributed by atoms with E-state index < -0.39 is 0 Å². The molecule has 0 amide bonds. The molecule has 8 heteroatoms. The van der Waals surface area contributed by atoms with Gasteiger partial charge in [0, 0.05) is 102 Å². The van der Waals surface area contributed by atoms with Crippen LogP contribution in [0.3, 0.4) is 0 Å². The van der Waals surface area contributed by atoms with E-state index in [1.54, 1.807) is 0 Å². The summed E-state index contributed by atoms with van der Waals surface area (Å²) in [5.74, 6) is 3.16. The highest BCUT2D eigenvalue weighted by Gasteiger charge is 2.48. The van der Waals surface area contributed by atoms with E-state index in [1.807, 2.05) is 0 Å². The van der Waals surface area contributed by atoms with E-state index in [9.17, 15) is 0 Å². The molecule has 82 heavy (non-hydrogen) atoms. The normalized spacial score (nSPS) is 13.6. The van der Waals surface area contributed by atoms with Crippen LogP contribution in [0.25, 0.3) is 55.0 Å². The summed E-state index contributed by atoms with van der Waals surface area (Å²) < 4.78 is 19.2. The van der Waals surface area contributed by atoms with E-state index in [-0.39, 0.29) is 24.3 Å². The fourth-order valence-electron chi connectivity index (χ4n) is 14.4. The number of hydrogen-bond donors (Lipinski definition) is 0. The largest absolute Gasteiger partial charge is 0.457 e. The van der Waals surface area contributed by atoms with E-state index in [0.717, 1.165) is 68.5 Å². The molecule has 13 aromatic rings. The minimum absolute atomic E-state index is 0.0142. The van der Waals surface area contributed by atoms with Gasteiger partial charge in [0.15, 0.2) is 0 Å². The van der Waals surface area contributed by atoms with E-state index in [2.05, 4.69) is 291 Å². The molecule has 0 unspecified atom stereocenters. The maximum atomic E-state index is 7.10. The number of benzene rings is 11. The predicted molar refractivity (Wildman–Crippen MR) is 344 cm³/mol. The van der Waals surface area contributed by atoms with Crippen molar-refractivity contribution in [3.05, 3.63) is 242 Å². The number of hydrogen-bond acceptors (Lipinski definition) is 4. The number of ether oxygens (including phenoxy) is 2. The lowest BCUT2D eigenvalue weighted by atomic mass is 9.30. The zero-order valence-electron chi connectivity index (χ0n) is 46.7. The van der Waals surface area contributed by atoms with Gasteiger partial charge >= 0.3 is 0 Å². The van der Waals surface area contributed by atoms with Gasteiger partial charge < -0.3 is 28.4 Å². The molecule has 2 aromatic heterocycles. The van der Waals surface area contributed by atoms with Gasteiger partial charge in [0.05, 0.1) is 11.0 Å². The number of fused-ring (bicyclic) bond motifs is 14. The minimum Gasteiger partial charge on any atom is -0.457 e. The molecule has 4 aliphatic rings. The van der Waals surface area contributed by atoms with Crippen molar-refractivity contribution < 1.29 is 9.47 Å². The summed E-state index contributed by atoms with van der Waals surface area (Å²) in [6.45, 7) is 13.3. The highest BCUT2D eigenvalue weighted by molar-refractivity contribution is 7.03. The van der Waals surface area contributed by atoms with Crippen LogP contribution >= 0.6 is 0 Å². The summed E-state index contributed by atoms with van der Waals surface area (Å²) in [5, 5.41) is 4.97. The van der Waals surface area contributed by atoms with Crippen molar-refractivity contribution in [3.8, 4) is 34.4 Å². The van der Waals surface area contributed by atoms with Gasteiger partial charge in [0.25, 0.3) is 13.4 Å². The van der Waals surface area contributed by atoms with Gasteiger partial charge in [-0.3, -0.25) is 0 Å². The summed E-state index contributed by atoms with van der Waals surface area (Å²) in [5.41, 5.74) is 23.9. The molecular formula is C74H56B2N4O2. The van der Waals surface area contributed by atoms with Crippen LogP contribution in [0.1, 0.15) is 52.7 Å². The van der Waals surface area contributed by atoms with Crippen LogP contribution in [-0.4, -0.2) is 22.6 Å². The Morgan fingerprint density at radius 1 is 0.305 bits per heavy atom. The molecule has 11 aromatic carbocycles. The molecule has 0 saturated carbocycles. The lowest BCUT2D eigenvalue weighted by molar-refractivity contribution is 0.481. The van der Waals surface area contributed by atoms with Gasteiger partial charge in [0.1, 0.15) is 23.0 Å². The third-order valence-corrected chi connectivity index (χ3v) is 18.1. The van der Waals surface area contributed by atoms with Crippen molar-refractivity contribution in [2.45, 2.75) is 52.4 Å². The Kier molecular flexibility index (Phi) is 9.75. The molecule has 0 spiro atoms. The van der Waals surface area contributed by atoms with Crippen molar-refractivity contribution in [1.82, 2.24) is 9.13 Å². The van der Waals surface area contributed by atoms with Crippen LogP contribution in [0.5, 0.6) is 23.0 Å². The molecule has 6 heterocycles. The number of aromatic nitrogens is 2. The monoisotopic (exact) mass is 1050 g/mol. The Hall–Kier alpha value is -9.65. The molecule has 4 aliphatic heterocycles. The smallest absolute Gasteiger partial charge is 0.252 e. The molecule has 0 N–H and O–H groups in total. The third kappa shape index (κ3) is 6.72. The molecule has 0 fully saturated rings. The third-order valence-electron chi connectivity index (χ3n) is 18.1. The number of anilines is 6. The summed E-state index contributed by atoms with van der Waals surface area (Å²) in [4.78, 5) is 5.03. The molecule has 0 aliphatic carbocycles. The first kappa shape index (κ1) is 47.2. The van der Waals surface area contributed by atoms with Crippen LogP contribution in [0.2, 0.25) is 0 Å². The van der Waals surface area contributed by atoms with Gasteiger partial charge in [-0.1, -0.05) is 181 Å². The minimum atomic E-state index is -0.122. The Morgan fingerprint density at radius 3 is 1.10 bits per heavy atom. The van der Waals surface area contributed by atoms with Crippen LogP contribution in [-0.2, 0) is 10.8 Å². The van der Waals surface area contributed by atoms with Crippen molar-refractivity contribution in [1.29, 1.82) is 0 Å². The highest BCUT2D eigenvalue weighted by atomic mass is 16.5. The molecule has 390 valence electrons. The molecule has 0 radical (unpaired) electrons. The van der Waals surface area contributed by atoms with E-state index in [0.29, 0.717) is 0 Å². The van der Waals surface area contributed by atoms with Crippen LogP contribution < -0.4 is 52.1 Å². The fraction of sp³-hybridized carbons (Fsp3) is 0.108. The lowest BCUT2D eigenvalue weighted by Gasteiger charge is -2.44. The molecule has 17 rings (SSSR count). The predicted octanol–water partition coefficient (Wildman–Crippen LogP) is 15.3. The quantitative estimate of drug-likeness (QED) is 0.155. The average molecular weight is 1050 g/mol. The molecule has 0 atom stereocenters. The molecule has 0 saturated heterocycles. The second-order valence-electron chi connectivity index (χ2n) is 24.9. The maximum Gasteiger partial charge on any atom is 0.252 e. The van der Waals surface area contributed by atoms with E-state index >= 15 is 0 Å². The van der Waals surface area contributed by atoms with E-state index in [1.165, 1.54) is 87.5 Å². The summed E-state index contributed by atoms with van der Waals surface area (Å²) in [7, 11) is 0. The zero-order valence-corrected chi connectivity index (χ0v) is 46.7. The molecular weight excluding hydrogens is 998 g/mol. The van der Waals surface area contributed by atoms with Crippen molar-refractivity contribution >= 4 is 124 Å². The van der Waals surface area contributed by atoms with Gasteiger partial charge in [-0.15, -0.1) is 0 Å². The first-order valence-corrected chi connectivity index (χ1v) is 28.8. The van der Waals surface area contributed by atoms with Gasteiger partial charge in [-0.25, -0.2) is 0 Å². The Balaban J connectivity index is 0.970.